The van der Waals surface area contributed by atoms with Crippen LogP contribution in [0.5, 0.6) is 0 Å². The summed E-state index contributed by atoms with van der Waals surface area (Å²) in [5, 5.41) is 20.4. The Bertz CT molecular complexity index is 664. The summed E-state index contributed by atoms with van der Waals surface area (Å²) in [6.45, 7) is 0. The van der Waals surface area contributed by atoms with Crippen molar-refractivity contribution in [1.82, 2.24) is 20.2 Å². The molecule has 1 aromatic heterocycles. The van der Waals surface area contributed by atoms with Crippen molar-refractivity contribution < 1.29 is 0 Å². The molecule has 3 rings (SSSR count). The molecule has 1 saturated carbocycles. The third-order valence-electron chi connectivity index (χ3n) is 3.57. The maximum atomic E-state index is 7.49. The fourth-order valence-electron chi connectivity index (χ4n) is 2.51. The van der Waals surface area contributed by atoms with Gasteiger partial charge in [0, 0.05) is 14.9 Å². The molecule has 2 aromatic rings. The van der Waals surface area contributed by atoms with Crippen LogP contribution in [0, 0.1) is 5.41 Å². The molecule has 1 heterocycles. The van der Waals surface area contributed by atoms with Crippen LogP contribution < -0.4 is 5.73 Å². The van der Waals surface area contributed by atoms with Gasteiger partial charge in [0.05, 0.1) is 6.04 Å². The third-order valence-corrected chi connectivity index (χ3v) is 5.17. The molecule has 1 aliphatic rings. The van der Waals surface area contributed by atoms with Gasteiger partial charge in [-0.2, -0.15) is 0 Å². The molecule has 1 aliphatic carbocycles. The monoisotopic (exact) mass is 366 g/mol. The molecule has 1 aromatic carbocycles. The van der Waals surface area contributed by atoms with Crippen molar-refractivity contribution in [2.24, 2.45) is 5.73 Å². The number of hydrogen-bond donors (Lipinski definition) is 2. The summed E-state index contributed by atoms with van der Waals surface area (Å²) in [6.07, 6.45) is 4.78. The first-order valence-corrected chi connectivity index (χ1v) is 8.36. The first-order valence-electron chi connectivity index (χ1n) is 6.75. The smallest absolute Gasteiger partial charge is 0.214 e. The molecule has 8 heteroatoms. The molecule has 0 spiro atoms. The molecule has 0 aliphatic heterocycles. The summed E-state index contributed by atoms with van der Waals surface area (Å²) in [4.78, 5) is 1.01. The lowest BCUT2D eigenvalue weighted by Gasteiger charge is -2.11. The van der Waals surface area contributed by atoms with Crippen molar-refractivity contribution in [1.29, 1.82) is 5.41 Å². The van der Waals surface area contributed by atoms with E-state index < -0.39 is 0 Å². The van der Waals surface area contributed by atoms with Gasteiger partial charge in [0.25, 0.3) is 0 Å². The molecule has 3 N–H and O–H groups in total. The minimum atomic E-state index is 0.0502. The molecule has 6 nitrogen and oxygen atoms in total. The van der Waals surface area contributed by atoms with Gasteiger partial charge in [0.1, 0.15) is 5.84 Å². The maximum Gasteiger partial charge on any atom is 0.214 e. The average molecular weight is 367 g/mol. The summed E-state index contributed by atoms with van der Waals surface area (Å²) in [7, 11) is 0. The Morgan fingerprint density at radius 2 is 2.14 bits per heavy atom. The van der Waals surface area contributed by atoms with E-state index in [2.05, 4.69) is 31.5 Å². The number of nitrogens with one attached hydrogen (secondary N) is 1. The molecular formula is C13H15BrN6S. The van der Waals surface area contributed by atoms with Crippen LogP contribution >= 0.6 is 27.7 Å². The third kappa shape index (κ3) is 3.11. The number of tetrazole rings is 1. The molecule has 110 valence electrons. The number of nitrogens with two attached hydrogens (primary N) is 1. The van der Waals surface area contributed by atoms with Crippen molar-refractivity contribution in [3.8, 4) is 0 Å². The van der Waals surface area contributed by atoms with Gasteiger partial charge in [-0.15, -0.1) is 5.10 Å². The van der Waals surface area contributed by atoms with Gasteiger partial charge in [-0.1, -0.05) is 12.8 Å². The van der Waals surface area contributed by atoms with E-state index in [0.717, 1.165) is 27.4 Å². The van der Waals surface area contributed by atoms with Crippen LogP contribution in [0.4, 0.5) is 0 Å². The second-order valence-corrected chi connectivity index (χ2v) is 6.90. The zero-order chi connectivity index (χ0) is 14.8. The Hall–Kier alpha value is -1.41. The second kappa shape index (κ2) is 6.15. The fraction of sp³-hybridized carbons (Fsp3) is 0.385. The SMILES string of the molecule is N=C(N)c1ccc(Sc2nnnn2C2CCCC2)cc1Br. The Balaban J connectivity index is 1.82. The van der Waals surface area contributed by atoms with Crippen LogP contribution in [0.1, 0.15) is 37.3 Å². The number of halogens is 1. The van der Waals surface area contributed by atoms with E-state index >= 15 is 0 Å². The molecule has 1 fully saturated rings. The quantitative estimate of drug-likeness (QED) is 0.640. The summed E-state index contributed by atoms with van der Waals surface area (Å²) >= 11 is 4.97. The fourth-order valence-corrected chi connectivity index (χ4v) is 4.14. The maximum absolute atomic E-state index is 7.49. The molecule has 0 bridgehead atoms. The largest absolute Gasteiger partial charge is 0.384 e. The second-order valence-electron chi connectivity index (χ2n) is 5.00. The molecule has 0 atom stereocenters. The van der Waals surface area contributed by atoms with Gasteiger partial charge in [0.15, 0.2) is 0 Å². The first-order chi connectivity index (χ1) is 10.1. The van der Waals surface area contributed by atoms with Crippen LogP contribution in [-0.2, 0) is 0 Å². The number of aromatic nitrogens is 4. The van der Waals surface area contributed by atoms with E-state index in [4.69, 9.17) is 11.1 Å². The summed E-state index contributed by atoms with van der Waals surface area (Å²) in [6, 6.07) is 6.12. The first kappa shape index (κ1) is 14.5. The van der Waals surface area contributed by atoms with Crippen LogP contribution in [0.15, 0.2) is 32.7 Å². The normalized spacial score (nSPS) is 15.5. The number of nitrogen functional groups attached to an aromatic ring is 1. The van der Waals surface area contributed by atoms with Crippen LogP contribution in [0.2, 0.25) is 0 Å². The van der Waals surface area contributed by atoms with Crippen molar-refractivity contribution in [3.05, 3.63) is 28.2 Å². The minimum absolute atomic E-state index is 0.0502. The number of nitrogens with zero attached hydrogens (tertiary/aromatic N) is 4. The lowest BCUT2D eigenvalue weighted by Crippen LogP contribution is -2.11. The highest BCUT2D eigenvalue weighted by molar-refractivity contribution is 9.10. The Morgan fingerprint density at radius 1 is 1.38 bits per heavy atom. The average Bonchev–Trinajstić information content (AvgIpc) is 3.08. The van der Waals surface area contributed by atoms with Crippen LogP contribution in [0.25, 0.3) is 0 Å². The standard InChI is InChI=1S/C13H15BrN6S/c14-11-7-9(5-6-10(11)12(15)16)21-13-17-18-19-20(13)8-3-1-2-4-8/h5-8H,1-4H2,(H3,15,16). The zero-order valence-electron chi connectivity index (χ0n) is 11.3. The molecule has 0 unspecified atom stereocenters. The van der Waals surface area contributed by atoms with E-state index in [-0.39, 0.29) is 5.84 Å². The molecule has 0 radical (unpaired) electrons. The topological polar surface area (TPSA) is 93.5 Å². The predicted molar refractivity (Wildman–Crippen MR) is 84.6 cm³/mol. The van der Waals surface area contributed by atoms with E-state index in [9.17, 15) is 0 Å². The minimum Gasteiger partial charge on any atom is -0.384 e. The van der Waals surface area contributed by atoms with E-state index in [1.807, 2.05) is 22.9 Å². The zero-order valence-corrected chi connectivity index (χ0v) is 13.7. The summed E-state index contributed by atoms with van der Waals surface area (Å²) in [5.41, 5.74) is 6.21. The highest BCUT2D eigenvalue weighted by Gasteiger charge is 2.22. The van der Waals surface area contributed by atoms with Crippen LogP contribution in [-0.4, -0.2) is 26.0 Å². The lowest BCUT2D eigenvalue weighted by molar-refractivity contribution is 0.423. The van der Waals surface area contributed by atoms with E-state index in [1.54, 1.807) is 0 Å². The van der Waals surface area contributed by atoms with Crippen molar-refractivity contribution in [2.75, 3.05) is 0 Å². The lowest BCUT2D eigenvalue weighted by atomic mass is 10.2. The van der Waals surface area contributed by atoms with Gasteiger partial charge in [-0.25, -0.2) is 4.68 Å². The van der Waals surface area contributed by atoms with Gasteiger partial charge in [0.2, 0.25) is 5.16 Å². The molecule has 0 saturated heterocycles. The van der Waals surface area contributed by atoms with Gasteiger partial charge < -0.3 is 5.73 Å². The van der Waals surface area contributed by atoms with Crippen molar-refractivity contribution in [2.45, 2.75) is 41.8 Å². The van der Waals surface area contributed by atoms with Crippen molar-refractivity contribution in [3.63, 3.8) is 0 Å². The van der Waals surface area contributed by atoms with Gasteiger partial charge in [-0.05, 0) is 69.2 Å². The van der Waals surface area contributed by atoms with Gasteiger partial charge in [-0.3, -0.25) is 5.41 Å². The van der Waals surface area contributed by atoms with E-state index in [0.29, 0.717) is 11.6 Å². The highest BCUT2D eigenvalue weighted by atomic mass is 79.9. The number of rotatable bonds is 4. The Morgan fingerprint density at radius 3 is 2.81 bits per heavy atom. The molecule has 21 heavy (non-hydrogen) atoms. The molecular weight excluding hydrogens is 352 g/mol. The summed E-state index contributed by atoms with van der Waals surface area (Å²) in [5.74, 6) is 0.0502. The van der Waals surface area contributed by atoms with Crippen LogP contribution in [0.3, 0.4) is 0 Å². The van der Waals surface area contributed by atoms with Gasteiger partial charge >= 0.3 is 0 Å². The number of hydrogen-bond acceptors (Lipinski definition) is 5. The Labute approximate surface area is 135 Å². The Kier molecular flexibility index (Phi) is 4.25. The van der Waals surface area contributed by atoms with E-state index in [1.165, 1.54) is 24.6 Å². The number of amidine groups is 1. The predicted octanol–water partition coefficient (Wildman–Crippen LogP) is 2.99. The summed E-state index contributed by atoms with van der Waals surface area (Å²) < 4.78 is 2.74. The highest BCUT2D eigenvalue weighted by Crippen LogP contribution is 2.34. The number of benzene rings is 1. The van der Waals surface area contributed by atoms with Crippen molar-refractivity contribution >= 4 is 33.5 Å². The molecule has 0 amide bonds.